The number of rotatable bonds is 1. The first kappa shape index (κ1) is 9.04. The fraction of sp³-hybridized carbons (Fsp3) is 0.364. The number of methoxy groups -OCH3 is 1. The molecule has 0 bridgehead atoms. The molecule has 1 aliphatic rings. The van der Waals surface area contributed by atoms with Crippen molar-refractivity contribution < 1.29 is 4.74 Å². The van der Waals surface area contributed by atoms with Gasteiger partial charge in [-0.25, -0.2) is 0 Å². The molecule has 2 rings (SSSR count). The summed E-state index contributed by atoms with van der Waals surface area (Å²) in [7, 11) is 1.58. The lowest BCUT2D eigenvalue weighted by atomic mass is 10.0. The summed E-state index contributed by atoms with van der Waals surface area (Å²) in [6.45, 7) is 0. The number of benzene rings is 1. The largest absolute Gasteiger partial charge is 0.495 e. The smallest absolute Gasteiger partial charge is 0.136 e. The topological polar surface area (TPSA) is 59.0 Å². The Kier molecular flexibility index (Phi) is 2.14. The number of nitriles is 1. The van der Waals surface area contributed by atoms with Crippen LogP contribution < -0.4 is 10.5 Å². The highest BCUT2D eigenvalue weighted by atomic mass is 16.5. The summed E-state index contributed by atoms with van der Waals surface area (Å²) in [5.74, 6) is 0.653. The highest BCUT2D eigenvalue weighted by Crippen LogP contribution is 2.34. The van der Waals surface area contributed by atoms with E-state index < -0.39 is 0 Å². The lowest BCUT2D eigenvalue weighted by Gasteiger charge is -2.08. The molecule has 0 heterocycles. The molecular weight excluding hydrogens is 176 g/mol. The summed E-state index contributed by atoms with van der Waals surface area (Å²) in [4.78, 5) is 0. The van der Waals surface area contributed by atoms with E-state index in [4.69, 9.17) is 15.7 Å². The van der Waals surface area contributed by atoms with Gasteiger partial charge in [0, 0.05) is 6.04 Å². The molecule has 0 saturated carbocycles. The second-order valence-electron chi connectivity index (χ2n) is 3.51. The number of aryl methyl sites for hydroxylation is 1. The number of nitrogens with two attached hydrogens (primary N) is 1. The highest BCUT2D eigenvalue weighted by Gasteiger charge is 2.21. The predicted molar refractivity (Wildman–Crippen MR) is 53.0 cm³/mol. The molecule has 1 aromatic carbocycles. The minimum atomic E-state index is 0.0861. The van der Waals surface area contributed by atoms with Gasteiger partial charge in [-0.2, -0.15) is 5.26 Å². The summed E-state index contributed by atoms with van der Waals surface area (Å²) in [5, 5.41) is 8.90. The molecule has 3 heteroatoms. The molecule has 72 valence electrons. The van der Waals surface area contributed by atoms with E-state index in [9.17, 15) is 0 Å². The summed E-state index contributed by atoms with van der Waals surface area (Å²) in [6, 6.07) is 5.99. The average molecular weight is 188 g/mol. The molecule has 2 N–H and O–H groups in total. The van der Waals surface area contributed by atoms with Gasteiger partial charge in [-0.05, 0) is 36.1 Å². The van der Waals surface area contributed by atoms with Gasteiger partial charge in [0.1, 0.15) is 11.8 Å². The highest BCUT2D eigenvalue weighted by molar-refractivity contribution is 5.51. The van der Waals surface area contributed by atoms with Gasteiger partial charge in [-0.15, -0.1) is 0 Å². The van der Waals surface area contributed by atoms with Crippen molar-refractivity contribution >= 4 is 0 Å². The Hall–Kier alpha value is -1.53. The molecule has 14 heavy (non-hydrogen) atoms. The molecule has 0 fully saturated rings. The Labute approximate surface area is 83.1 Å². The van der Waals surface area contributed by atoms with Crippen molar-refractivity contribution in [3.8, 4) is 11.8 Å². The first-order valence-electron chi connectivity index (χ1n) is 4.62. The first-order valence-corrected chi connectivity index (χ1v) is 4.62. The van der Waals surface area contributed by atoms with Crippen molar-refractivity contribution in [3.63, 3.8) is 0 Å². The number of hydrogen-bond acceptors (Lipinski definition) is 3. The van der Waals surface area contributed by atoms with Crippen LogP contribution in [0.3, 0.4) is 0 Å². The third-order valence-corrected chi connectivity index (χ3v) is 2.71. The summed E-state index contributed by atoms with van der Waals surface area (Å²) in [6.07, 6.45) is 1.95. The third kappa shape index (κ3) is 1.24. The van der Waals surface area contributed by atoms with E-state index >= 15 is 0 Å². The molecule has 1 aliphatic carbocycles. The Morgan fingerprint density at radius 3 is 3.00 bits per heavy atom. The predicted octanol–water partition coefficient (Wildman–Crippen LogP) is 1.51. The Balaban J connectivity index is 2.56. The van der Waals surface area contributed by atoms with Crippen LogP contribution in [0.4, 0.5) is 0 Å². The van der Waals surface area contributed by atoms with E-state index in [-0.39, 0.29) is 6.04 Å². The normalized spacial score (nSPS) is 18.8. The van der Waals surface area contributed by atoms with E-state index in [1.165, 1.54) is 5.56 Å². The quantitative estimate of drug-likeness (QED) is 0.726. The second-order valence-corrected chi connectivity index (χ2v) is 3.51. The van der Waals surface area contributed by atoms with E-state index in [1.807, 2.05) is 12.1 Å². The van der Waals surface area contributed by atoms with Gasteiger partial charge < -0.3 is 10.5 Å². The fourth-order valence-corrected chi connectivity index (χ4v) is 1.92. The van der Waals surface area contributed by atoms with Gasteiger partial charge in [0.25, 0.3) is 0 Å². The summed E-state index contributed by atoms with van der Waals surface area (Å²) >= 11 is 0. The first-order chi connectivity index (χ1) is 6.76. The van der Waals surface area contributed by atoms with Crippen molar-refractivity contribution in [2.75, 3.05) is 7.11 Å². The van der Waals surface area contributed by atoms with Crippen LogP contribution in [0.2, 0.25) is 0 Å². The van der Waals surface area contributed by atoms with Gasteiger partial charge in [0.2, 0.25) is 0 Å². The number of hydrogen-bond donors (Lipinski definition) is 1. The van der Waals surface area contributed by atoms with E-state index in [0.717, 1.165) is 18.4 Å². The van der Waals surface area contributed by atoms with E-state index in [0.29, 0.717) is 11.3 Å². The van der Waals surface area contributed by atoms with Crippen molar-refractivity contribution in [2.24, 2.45) is 5.73 Å². The average Bonchev–Trinajstić information content (AvgIpc) is 2.58. The molecule has 0 radical (unpaired) electrons. The van der Waals surface area contributed by atoms with Crippen molar-refractivity contribution in [2.45, 2.75) is 18.9 Å². The molecule has 0 aliphatic heterocycles. The van der Waals surface area contributed by atoms with Gasteiger partial charge in [0.15, 0.2) is 0 Å². The SMILES string of the molecule is COc1cc2c(cc1C#N)[C@H](N)CC2. The molecule has 3 nitrogen and oxygen atoms in total. The zero-order valence-corrected chi connectivity index (χ0v) is 8.08. The number of nitrogens with zero attached hydrogens (tertiary/aromatic N) is 1. The second kappa shape index (κ2) is 3.32. The minimum absolute atomic E-state index is 0.0861. The zero-order valence-electron chi connectivity index (χ0n) is 8.08. The molecule has 0 saturated heterocycles. The van der Waals surface area contributed by atoms with E-state index in [1.54, 1.807) is 7.11 Å². The monoisotopic (exact) mass is 188 g/mol. The maximum Gasteiger partial charge on any atom is 0.136 e. The number of fused-ring (bicyclic) bond motifs is 1. The lowest BCUT2D eigenvalue weighted by Crippen LogP contribution is -2.05. The van der Waals surface area contributed by atoms with Gasteiger partial charge in [0.05, 0.1) is 12.7 Å². The maximum atomic E-state index is 8.90. The van der Waals surface area contributed by atoms with Crippen molar-refractivity contribution in [3.05, 3.63) is 28.8 Å². The van der Waals surface area contributed by atoms with Crippen LogP contribution in [-0.2, 0) is 6.42 Å². The molecule has 0 aromatic heterocycles. The van der Waals surface area contributed by atoms with Gasteiger partial charge >= 0.3 is 0 Å². The molecule has 1 aromatic rings. The Morgan fingerprint density at radius 2 is 2.36 bits per heavy atom. The van der Waals surface area contributed by atoms with Crippen LogP contribution in [0.5, 0.6) is 5.75 Å². The number of ether oxygens (including phenoxy) is 1. The molecular formula is C11H12N2O. The van der Waals surface area contributed by atoms with E-state index in [2.05, 4.69) is 6.07 Å². The van der Waals surface area contributed by atoms with Crippen LogP contribution in [-0.4, -0.2) is 7.11 Å². The van der Waals surface area contributed by atoms with Crippen molar-refractivity contribution in [1.29, 1.82) is 5.26 Å². The Morgan fingerprint density at radius 1 is 1.57 bits per heavy atom. The molecule has 1 atom stereocenters. The van der Waals surface area contributed by atoms with Crippen LogP contribution in [0.1, 0.15) is 29.2 Å². The fourth-order valence-electron chi connectivity index (χ4n) is 1.92. The molecule has 0 spiro atoms. The van der Waals surface area contributed by atoms with Gasteiger partial charge in [-0.3, -0.25) is 0 Å². The van der Waals surface area contributed by atoms with Crippen LogP contribution in [0.15, 0.2) is 12.1 Å². The van der Waals surface area contributed by atoms with Crippen molar-refractivity contribution in [1.82, 2.24) is 0 Å². The third-order valence-electron chi connectivity index (χ3n) is 2.71. The standard InChI is InChI=1S/C11H12N2O/c1-14-11-5-7-2-3-10(13)9(7)4-8(11)6-12/h4-5,10H,2-3,13H2,1H3/t10-/m1/s1. The molecule has 0 unspecified atom stereocenters. The lowest BCUT2D eigenvalue weighted by molar-refractivity contribution is 0.413. The van der Waals surface area contributed by atoms with Crippen LogP contribution in [0.25, 0.3) is 0 Å². The summed E-state index contributed by atoms with van der Waals surface area (Å²) < 4.78 is 5.13. The zero-order chi connectivity index (χ0) is 10.1. The van der Waals surface area contributed by atoms with Crippen LogP contribution in [0, 0.1) is 11.3 Å². The van der Waals surface area contributed by atoms with Crippen LogP contribution >= 0.6 is 0 Å². The Bertz CT molecular complexity index is 406. The van der Waals surface area contributed by atoms with Gasteiger partial charge in [-0.1, -0.05) is 0 Å². The molecule has 0 amide bonds. The summed E-state index contributed by atoms with van der Waals surface area (Å²) in [5.41, 5.74) is 8.80. The maximum absolute atomic E-state index is 8.90. The minimum Gasteiger partial charge on any atom is -0.495 e.